The largest absolute Gasteiger partial charge is 0.398 e. The number of nitrogens with one attached hydrogen (secondary N) is 1. The Labute approximate surface area is 92.5 Å². The molecular weight excluding hydrogens is 205 g/mol. The molecule has 0 atom stereocenters. The van der Waals surface area contributed by atoms with Crippen molar-refractivity contribution in [3.05, 3.63) is 35.3 Å². The minimum absolute atomic E-state index is 0.300. The van der Waals surface area contributed by atoms with Gasteiger partial charge in [0.05, 0.1) is 0 Å². The van der Waals surface area contributed by atoms with Crippen molar-refractivity contribution in [2.75, 3.05) is 12.3 Å². The number of nitrogen functional groups attached to an aromatic ring is 1. The molecule has 0 saturated carbocycles. The first-order valence-electron chi connectivity index (χ1n) is 5.33. The monoisotopic (exact) mass is 217 g/mol. The van der Waals surface area contributed by atoms with Crippen LogP contribution < -0.4 is 11.1 Å². The molecule has 1 aromatic heterocycles. The number of nitrogens with zero attached hydrogens (tertiary/aromatic N) is 1. The Hall–Kier alpha value is -1.68. The van der Waals surface area contributed by atoms with Gasteiger partial charge in [-0.2, -0.15) is 0 Å². The van der Waals surface area contributed by atoms with Crippen molar-refractivity contribution in [2.24, 2.45) is 0 Å². The van der Waals surface area contributed by atoms with Crippen LogP contribution in [0.2, 0.25) is 0 Å². The van der Waals surface area contributed by atoms with Crippen molar-refractivity contribution in [3.63, 3.8) is 0 Å². The quantitative estimate of drug-likeness (QED) is 0.704. The number of anilines is 1. The Morgan fingerprint density at radius 2 is 2.25 bits per heavy atom. The Morgan fingerprint density at radius 3 is 3.12 bits per heavy atom. The average molecular weight is 217 g/mol. The van der Waals surface area contributed by atoms with Gasteiger partial charge >= 0.3 is 0 Å². The third-order valence-corrected chi connectivity index (χ3v) is 3.04. The molecule has 0 unspecified atom stereocenters. The molecule has 1 aliphatic rings. The lowest BCUT2D eigenvalue weighted by Gasteiger charge is -2.19. The van der Waals surface area contributed by atoms with Crippen LogP contribution >= 0.6 is 0 Å². The average Bonchev–Trinajstić information content (AvgIpc) is 2.31. The van der Waals surface area contributed by atoms with Gasteiger partial charge in [0.1, 0.15) is 11.3 Å². The Balaban J connectivity index is 2.39. The molecule has 82 valence electrons. The van der Waals surface area contributed by atoms with E-state index in [2.05, 4.69) is 10.3 Å². The van der Waals surface area contributed by atoms with E-state index in [1.165, 1.54) is 6.07 Å². The molecule has 1 aromatic carbocycles. The van der Waals surface area contributed by atoms with E-state index in [0.29, 0.717) is 16.6 Å². The van der Waals surface area contributed by atoms with Crippen LogP contribution in [0.4, 0.5) is 10.1 Å². The van der Waals surface area contributed by atoms with E-state index < -0.39 is 0 Å². The Kier molecular flexibility index (Phi) is 2.04. The Bertz CT molecular complexity index is 566. The summed E-state index contributed by atoms with van der Waals surface area (Å²) in [5, 5.41) is 3.96. The summed E-state index contributed by atoms with van der Waals surface area (Å²) in [6.45, 7) is 1.60. The number of halogens is 1. The third kappa shape index (κ3) is 1.27. The molecule has 0 spiro atoms. The van der Waals surface area contributed by atoms with E-state index in [9.17, 15) is 4.39 Å². The van der Waals surface area contributed by atoms with Crippen molar-refractivity contribution in [1.82, 2.24) is 10.3 Å². The highest BCUT2D eigenvalue weighted by Crippen LogP contribution is 2.28. The molecule has 3 N–H and O–H groups in total. The molecule has 3 rings (SSSR count). The zero-order valence-electron chi connectivity index (χ0n) is 8.76. The van der Waals surface area contributed by atoms with Gasteiger partial charge in [-0.15, -0.1) is 0 Å². The normalized spacial score (nSPS) is 15.1. The molecule has 1 aliphatic heterocycles. The maximum Gasteiger partial charge on any atom is 0.149 e. The minimum atomic E-state index is -0.300. The number of rotatable bonds is 0. The fourth-order valence-corrected chi connectivity index (χ4v) is 2.19. The van der Waals surface area contributed by atoms with Gasteiger partial charge in [-0.05, 0) is 6.07 Å². The molecule has 0 saturated heterocycles. The molecule has 0 fully saturated rings. The van der Waals surface area contributed by atoms with E-state index >= 15 is 0 Å². The van der Waals surface area contributed by atoms with Crippen LogP contribution in [0, 0.1) is 5.82 Å². The highest BCUT2D eigenvalue weighted by molar-refractivity contribution is 5.92. The van der Waals surface area contributed by atoms with E-state index in [1.54, 1.807) is 6.07 Å². The second-order valence-corrected chi connectivity index (χ2v) is 4.01. The smallest absolute Gasteiger partial charge is 0.149 e. The highest BCUT2D eigenvalue weighted by Gasteiger charge is 2.17. The van der Waals surface area contributed by atoms with Gasteiger partial charge < -0.3 is 11.1 Å². The number of fused-ring (bicyclic) bond motifs is 2. The predicted octanol–water partition coefficient (Wildman–Crippen LogP) is 1.60. The lowest BCUT2D eigenvalue weighted by atomic mass is 10.0. The lowest BCUT2D eigenvalue weighted by molar-refractivity contribution is 0.623. The molecule has 2 aromatic rings. The third-order valence-electron chi connectivity index (χ3n) is 3.04. The van der Waals surface area contributed by atoms with Gasteiger partial charge in [0.25, 0.3) is 0 Å². The predicted molar refractivity (Wildman–Crippen MR) is 61.5 cm³/mol. The summed E-state index contributed by atoms with van der Waals surface area (Å²) in [5.74, 6) is -0.300. The first kappa shape index (κ1) is 9.54. The molecule has 2 heterocycles. The van der Waals surface area contributed by atoms with Crippen molar-refractivity contribution in [2.45, 2.75) is 13.0 Å². The highest BCUT2D eigenvalue weighted by atomic mass is 19.1. The molecule has 16 heavy (non-hydrogen) atoms. The number of benzene rings is 1. The fourth-order valence-electron chi connectivity index (χ4n) is 2.19. The SMILES string of the molecule is Nc1c2c(nc3c(F)cccc13)CCNC2. The zero-order chi connectivity index (χ0) is 11.1. The first-order valence-corrected chi connectivity index (χ1v) is 5.33. The molecule has 0 amide bonds. The van der Waals surface area contributed by atoms with E-state index in [1.807, 2.05) is 6.07 Å². The van der Waals surface area contributed by atoms with Crippen LogP contribution in [-0.4, -0.2) is 11.5 Å². The van der Waals surface area contributed by atoms with E-state index in [4.69, 9.17) is 5.73 Å². The van der Waals surface area contributed by atoms with E-state index in [-0.39, 0.29) is 5.82 Å². The van der Waals surface area contributed by atoms with Gasteiger partial charge in [-0.3, -0.25) is 0 Å². The molecule has 0 bridgehead atoms. The summed E-state index contributed by atoms with van der Waals surface area (Å²) in [7, 11) is 0. The van der Waals surface area contributed by atoms with Gasteiger partial charge in [0.2, 0.25) is 0 Å². The molecule has 0 radical (unpaired) electrons. The van der Waals surface area contributed by atoms with Gasteiger partial charge in [0.15, 0.2) is 0 Å². The number of hydrogen-bond donors (Lipinski definition) is 2. The second kappa shape index (κ2) is 3.42. The van der Waals surface area contributed by atoms with Crippen LogP contribution in [-0.2, 0) is 13.0 Å². The number of nitrogens with two attached hydrogens (primary N) is 1. The summed E-state index contributed by atoms with van der Waals surface area (Å²) in [6, 6.07) is 4.90. The number of para-hydroxylation sites is 1. The minimum Gasteiger partial charge on any atom is -0.398 e. The van der Waals surface area contributed by atoms with Gasteiger partial charge in [0, 0.05) is 41.8 Å². The summed E-state index contributed by atoms with van der Waals surface area (Å²) < 4.78 is 13.6. The standard InChI is InChI=1S/C12H12FN3/c13-9-3-1-2-7-11(14)8-6-15-5-4-10(8)16-12(7)9/h1-3,15H,4-6H2,(H2,14,16). The number of pyridine rings is 1. The molecule has 0 aliphatic carbocycles. The van der Waals surface area contributed by atoms with Crippen molar-refractivity contribution >= 4 is 16.6 Å². The van der Waals surface area contributed by atoms with Crippen molar-refractivity contribution in [3.8, 4) is 0 Å². The zero-order valence-corrected chi connectivity index (χ0v) is 8.76. The Morgan fingerprint density at radius 1 is 1.38 bits per heavy atom. The summed E-state index contributed by atoms with van der Waals surface area (Å²) in [5.41, 5.74) is 9.05. The fraction of sp³-hybridized carbons (Fsp3) is 0.250. The first-order chi connectivity index (χ1) is 7.77. The number of aromatic nitrogens is 1. The maximum atomic E-state index is 13.6. The second-order valence-electron chi connectivity index (χ2n) is 4.01. The summed E-state index contributed by atoms with van der Waals surface area (Å²) in [6.07, 6.45) is 0.809. The van der Waals surface area contributed by atoms with Crippen LogP contribution in [0.3, 0.4) is 0 Å². The summed E-state index contributed by atoms with van der Waals surface area (Å²) in [4.78, 5) is 4.38. The van der Waals surface area contributed by atoms with Crippen molar-refractivity contribution in [1.29, 1.82) is 0 Å². The van der Waals surface area contributed by atoms with Crippen LogP contribution in [0.5, 0.6) is 0 Å². The lowest BCUT2D eigenvalue weighted by Crippen LogP contribution is -2.25. The maximum absolute atomic E-state index is 13.6. The number of hydrogen-bond acceptors (Lipinski definition) is 3. The van der Waals surface area contributed by atoms with Gasteiger partial charge in [-0.25, -0.2) is 9.37 Å². The van der Waals surface area contributed by atoms with Crippen LogP contribution in [0.15, 0.2) is 18.2 Å². The van der Waals surface area contributed by atoms with Crippen LogP contribution in [0.1, 0.15) is 11.3 Å². The molecule has 4 heteroatoms. The van der Waals surface area contributed by atoms with Crippen LogP contribution in [0.25, 0.3) is 10.9 Å². The molecule has 3 nitrogen and oxygen atoms in total. The topological polar surface area (TPSA) is 50.9 Å². The summed E-state index contributed by atoms with van der Waals surface area (Å²) >= 11 is 0. The molecular formula is C12H12FN3. The van der Waals surface area contributed by atoms with Gasteiger partial charge in [-0.1, -0.05) is 12.1 Å². The van der Waals surface area contributed by atoms with E-state index in [0.717, 1.165) is 30.8 Å². The van der Waals surface area contributed by atoms with Crippen molar-refractivity contribution < 1.29 is 4.39 Å².